The van der Waals surface area contributed by atoms with E-state index in [1.807, 2.05) is 0 Å². The molecule has 0 saturated carbocycles. The third kappa shape index (κ3) is 6.14. The summed E-state index contributed by atoms with van der Waals surface area (Å²) in [4.78, 5) is 7.20. The normalized spacial score (nSPS) is 13.0. The summed E-state index contributed by atoms with van der Waals surface area (Å²) in [5.74, 6) is 0. The molecule has 4 heteroatoms. The van der Waals surface area contributed by atoms with Gasteiger partial charge in [0, 0.05) is 39.2 Å². The molecule has 15 rings (SSSR count). The minimum atomic E-state index is -0.558. The molecule has 1 spiro atoms. The first-order valence-corrected chi connectivity index (χ1v) is 25.1. The standard InChI is InChI=1S/C69H45N3O/c1-3-23-50(24-4-1)70(54-41-42-62-66(45-54)72(51-25-5-2-6-26-51)63-34-16-15-33-61(63)69(62)59-31-13-11-27-55(59)56-28-12-14-32-60(56)69)64-35-17-29-57-58-30-18-36-65(68(58)73-67(57)64)71(52-39-37-46-19-7-9-21-48(46)43-52)53-40-38-47-20-8-10-22-49(47)44-53/h1-45H. The van der Waals surface area contributed by atoms with Crippen LogP contribution in [0.1, 0.15) is 22.3 Å². The van der Waals surface area contributed by atoms with Crippen molar-refractivity contribution in [2.45, 2.75) is 5.41 Å². The first-order valence-electron chi connectivity index (χ1n) is 25.1. The highest BCUT2D eigenvalue weighted by Crippen LogP contribution is 2.64. The topological polar surface area (TPSA) is 22.9 Å². The zero-order valence-electron chi connectivity index (χ0n) is 39.7. The molecule has 2 heterocycles. The van der Waals surface area contributed by atoms with Crippen LogP contribution in [0.3, 0.4) is 0 Å². The van der Waals surface area contributed by atoms with Crippen molar-refractivity contribution in [3.8, 4) is 11.1 Å². The van der Waals surface area contributed by atoms with Gasteiger partial charge in [0.1, 0.15) is 0 Å². The second-order valence-corrected chi connectivity index (χ2v) is 19.2. The Morgan fingerprint density at radius 3 is 1.36 bits per heavy atom. The lowest BCUT2D eigenvalue weighted by atomic mass is 9.64. The molecule has 0 bridgehead atoms. The Bertz CT molecular complexity index is 4190. The lowest BCUT2D eigenvalue weighted by molar-refractivity contribution is 0.669. The molecule has 0 N–H and O–H groups in total. The highest BCUT2D eigenvalue weighted by molar-refractivity contribution is 6.14. The predicted molar refractivity (Wildman–Crippen MR) is 304 cm³/mol. The molecule has 342 valence electrons. The van der Waals surface area contributed by atoms with Crippen LogP contribution in [-0.2, 0) is 5.41 Å². The van der Waals surface area contributed by atoms with Crippen LogP contribution in [-0.4, -0.2) is 0 Å². The molecular weight excluding hydrogens is 887 g/mol. The Kier molecular flexibility index (Phi) is 9.14. The highest BCUT2D eigenvalue weighted by Gasteiger charge is 2.51. The number of rotatable bonds is 7. The number of para-hydroxylation sites is 5. The fourth-order valence-corrected chi connectivity index (χ4v) is 12.3. The van der Waals surface area contributed by atoms with E-state index in [1.54, 1.807) is 0 Å². The molecule has 73 heavy (non-hydrogen) atoms. The van der Waals surface area contributed by atoms with Gasteiger partial charge in [0.25, 0.3) is 0 Å². The molecular formula is C69H45N3O. The molecule has 0 unspecified atom stereocenters. The van der Waals surface area contributed by atoms with E-state index in [1.165, 1.54) is 54.9 Å². The van der Waals surface area contributed by atoms with Gasteiger partial charge in [-0.3, -0.25) is 0 Å². The maximum atomic E-state index is 7.45. The van der Waals surface area contributed by atoms with Crippen molar-refractivity contribution >= 4 is 94.7 Å². The number of anilines is 9. The average molecular weight is 932 g/mol. The molecule has 2 aliphatic rings. The highest BCUT2D eigenvalue weighted by atomic mass is 16.3. The maximum Gasteiger partial charge on any atom is 0.159 e. The van der Waals surface area contributed by atoms with Crippen LogP contribution in [0.4, 0.5) is 51.2 Å². The summed E-state index contributed by atoms with van der Waals surface area (Å²) in [7, 11) is 0. The number of hydrogen-bond donors (Lipinski definition) is 0. The molecule has 13 aromatic rings. The fraction of sp³-hybridized carbons (Fsp3) is 0.0145. The van der Waals surface area contributed by atoms with Gasteiger partial charge >= 0.3 is 0 Å². The summed E-state index contributed by atoms with van der Waals surface area (Å²) >= 11 is 0. The van der Waals surface area contributed by atoms with E-state index in [4.69, 9.17) is 4.42 Å². The molecule has 4 nitrogen and oxygen atoms in total. The van der Waals surface area contributed by atoms with E-state index in [0.29, 0.717) is 0 Å². The maximum absolute atomic E-state index is 7.45. The van der Waals surface area contributed by atoms with Crippen molar-refractivity contribution in [1.82, 2.24) is 0 Å². The van der Waals surface area contributed by atoms with Gasteiger partial charge in [-0.25, -0.2) is 0 Å². The van der Waals surface area contributed by atoms with Crippen LogP contribution in [0.25, 0.3) is 54.6 Å². The van der Waals surface area contributed by atoms with Crippen molar-refractivity contribution in [3.05, 3.63) is 295 Å². The van der Waals surface area contributed by atoms with Crippen LogP contribution in [0.15, 0.2) is 277 Å². The van der Waals surface area contributed by atoms with Crippen LogP contribution in [0.2, 0.25) is 0 Å². The average Bonchev–Trinajstić information content (AvgIpc) is 3.99. The molecule has 0 radical (unpaired) electrons. The Morgan fingerprint density at radius 2 is 0.753 bits per heavy atom. The second kappa shape index (κ2) is 16.2. The zero-order chi connectivity index (χ0) is 48.0. The fourth-order valence-electron chi connectivity index (χ4n) is 12.3. The SMILES string of the molecule is c1ccc(N2c3ccccc3C3(c4ccccc4-c4ccccc43)c3ccc(N(c4ccccc4)c4cccc5c4oc4c(N(c6ccc7ccccc7c6)c6ccc7ccccc7c6)cccc45)cc32)cc1. The molecule has 0 saturated heterocycles. The summed E-state index contributed by atoms with van der Waals surface area (Å²) in [6.45, 7) is 0. The number of furan rings is 1. The quantitative estimate of drug-likeness (QED) is 0.159. The van der Waals surface area contributed by atoms with Gasteiger partial charge in [-0.15, -0.1) is 0 Å². The van der Waals surface area contributed by atoms with Gasteiger partial charge in [-0.1, -0.05) is 194 Å². The van der Waals surface area contributed by atoms with Gasteiger partial charge in [-0.2, -0.15) is 0 Å². The third-order valence-corrected chi connectivity index (χ3v) is 15.4. The van der Waals surface area contributed by atoms with E-state index in [-0.39, 0.29) is 0 Å². The smallest absolute Gasteiger partial charge is 0.159 e. The summed E-state index contributed by atoms with van der Waals surface area (Å²) in [5, 5.41) is 6.84. The summed E-state index contributed by atoms with van der Waals surface area (Å²) in [5.41, 5.74) is 18.2. The van der Waals surface area contributed by atoms with E-state index in [9.17, 15) is 0 Å². The monoisotopic (exact) mass is 931 g/mol. The Balaban J connectivity index is 0.970. The van der Waals surface area contributed by atoms with Crippen LogP contribution in [0, 0.1) is 0 Å². The summed E-state index contributed by atoms with van der Waals surface area (Å²) < 4.78 is 7.45. The molecule has 12 aromatic carbocycles. The Hall–Kier alpha value is -9.64. The van der Waals surface area contributed by atoms with Crippen molar-refractivity contribution in [2.75, 3.05) is 14.7 Å². The Morgan fingerprint density at radius 1 is 0.301 bits per heavy atom. The molecule has 0 fully saturated rings. The van der Waals surface area contributed by atoms with Crippen LogP contribution in [0.5, 0.6) is 0 Å². The molecule has 1 aliphatic heterocycles. The van der Waals surface area contributed by atoms with Gasteiger partial charge in [0.15, 0.2) is 11.2 Å². The number of benzene rings is 12. The largest absolute Gasteiger partial charge is 0.452 e. The molecule has 1 aliphatic carbocycles. The van der Waals surface area contributed by atoms with Gasteiger partial charge < -0.3 is 19.1 Å². The van der Waals surface area contributed by atoms with E-state index in [0.717, 1.165) is 73.1 Å². The molecule has 0 amide bonds. The lowest BCUT2D eigenvalue weighted by Crippen LogP contribution is -2.36. The van der Waals surface area contributed by atoms with Gasteiger partial charge in [-0.05, 0) is 134 Å². The predicted octanol–water partition coefficient (Wildman–Crippen LogP) is 19.0. The van der Waals surface area contributed by atoms with E-state index < -0.39 is 5.41 Å². The minimum Gasteiger partial charge on any atom is -0.452 e. The molecule has 1 aromatic heterocycles. The van der Waals surface area contributed by atoms with Crippen LogP contribution < -0.4 is 14.7 Å². The van der Waals surface area contributed by atoms with Gasteiger partial charge in [0.05, 0.1) is 28.2 Å². The summed E-state index contributed by atoms with van der Waals surface area (Å²) in [6, 6.07) is 99.4. The zero-order valence-corrected chi connectivity index (χ0v) is 39.7. The van der Waals surface area contributed by atoms with E-state index in [2.05, 4.69) is 288 Å². The van der Waals surface area contributed by atoms with E-state index >= 15 is 0 Å². The molecule has 0 atom stereocenters. The third-order valence-electron chi connectivity index (χ3n) is 15.4. The van der Waals surface area contributed by atoms with Crippen molar-refractivity contribution in [2.24, 2.45) is 0 Å². The Labute approximate surface area is 423 Å². The number of nitrogens with zero attached hydrogens (tertiary/aromatic N) is 3. The van der Waals surface area contributed by atoms with Gasteiger partial charge in [0.2, 0.25) is 0 Å². The first-order chi connectivity index (χ1) is 36.2. The van der Waals surface area contributed by atoms with Crippen molar-refractivity contribution < 1.29 is 4.42 Å². The van der Waals surface area contributed by atoms with Crippen LogP contribution >= 0.6 is 0 Å². The number of hydrogen-bond acceptors (Lipinski definition) is 4. The second-order valence-electron chi connectivity index (χ2n) is 19.2. The summed E-state index contributed by atoms with van der Waals surface area (Å²) in [6.07, 6.45) is 0. The van der Waals surface area contributed by atoms with Crippen molar-refractivity contribution in [1.29, 1.82) is 0 Å². The first kappa shape index (κ1) is 41.2. The minimum absolute atomic E-state index is 0.558. The number of fused-ring (bicyclic) bond motifs is 14. The van der Waals surface area contributed by atoms with Crippen molar-refractivity contribution in [3.63, 3.8) is 0 Å². The lowest BCUT2D eigenvalue weighted by Gasteiger charge is -2.45.